The highest BCUT2D eigenvalue weighted by molar-refractivity contribution is 6.30. The number of anilines is 3. The van der Waals surface area contributed by atoms with Crippen molar-refractivity contribution in [2.45, 2.75) is 0 Å². The molecule has 13 aromatic rings. The maximum Gasteiger partial charge on any atom is 0.138 e. The molecule has 0 bridgehead atoms. The Morgan fingerprint density at radius 1 is 0.302 bits per heavy atom. The molecule has 0 saturated carbocycles. The van der Waals surface area contributed by atoms with Gasteiger partial charge < -0.3 is 13.9 Å². The van der Waals surface area contributed by atoms with Gasteiger partial charge >= 0.3 is 0 Å². The van der Waals surface area contributed by atoms with Gasteiger partial charge in [0.1, 0.15) is 11.2 Å². The molecule has 11 aromatic carbocycles. The van der Waals surface area contributed by atoms with Gasteiger partial charge in [0.2, 0.25) is 0 Å². The van der Waals surface area contributed by atoms with Crippen molar-refractivity contribution in [3.8, 4) is 27.9 Å². The molecule has 13 rings (SSSR count). The molecular formula is C60H38N2O. The summed E-state index contributed by atoms with van der Waals surface area (Å²) in [5, 5.41) is 12.2. The highest BCUT2D eigenvalue weighted by Gasteiger charge is 2.24. The number of para-hydroxylation sites is 4. The lowest BCUT2D eigenvalue weighted by Crippen LogP contribution is -2.09. The number of hydrogen-bond acceptors (Lipinski definition) is 2. The van der Waals surface area contributed by atoms with E-state index in [4.69, 9.17) is 4.42 Å². The van der Waals surface area contributed by atoms with Crippen LogP contribution in [-0.4, -0.2) is 4.57 Å². The predicted octanol–water partition coefficient (Wildman–Crippen LogP) is 16.9. The summed E-state index contributed by atoms with van der Waals surface area (Å²) in [4.78, 5) is 2.31. The summed E-state index contributed by atoms with van der Waals surface area (Å²) in [5.74, 6) is 0. The summed E-state index contributed by atoms with van der Waals surface area (Å²) in [6, 6.07) is 83.3. The molecule has 0 aliphatic rings. The van der Waals surface area contributed by atoms with Crippen LogP contribution in [0.15, 0.2) is 235 Å². The molecule has 0 atom stereocenters. The Hall–Kier alpha value is -8.40. The fourth-order valence-electron chi connectivity index (χ4n) is 10.2. The van der Waals surface area contributed by atoms with Gasteiger partial charge in [0.25, 0.3) is 0 Å². The normalized spacial score (nSPS) is 11.8. The lowest BCUT2D eigenvalue weighted by atomic mass is 9.89. The van der Waals surface area contributed by atoms with Crippen molar-refractivity contribution in [3.63, 3.8) is 0 Å². The number of aromatic nitrogens is 1. The van der Waals surface area contributed by atoms with Crippen molar-refractivity contribution < 1.29 is 4.42 Å². The van der Waals surface area contributed by atoms with E-state index in [1.54, 1.807) is 0 Å². The quantitative estimate of drug-likeness (QED) is 0.156. The summed E-state index contributed by atoms with van der Waals surface area (Å²) in [5.41, 5.74) is 13.1. The van der Waals surface area contributed by atoms with Crippen molar-refractivity contribution in [2.24, 2.45) is 0 Å². The first-order valence-corrected chi connectivity index (χ1v) is 21.6. The van der Waals surface area contributed by atoms with Crippen LogP contribution in [0.2, 0.25) is 0 Å². The molecule has 63 heavy (non-hydrogen) atoms. The number of furan rings is 1. The molecule has 0 saturated heterocycles. The Morgan fingerprint density at radius 2 is 0.794 bits per heavy atom. The largest absolute Gasteiger partial charge is 0.456 e. The third kappa shape index (κ3) is 5.53. The Balaban J connectivity index is 1.09. The molecule has 2 aromatic heterocycles. The first kappa shape index (κ1) is 35.4. The zero-order valence-corrected chi connectivity index (χ0v) is 34.2. The summed E-state index contributed by atoms with van der Waals surface area (Å²) >= 11 is 0. The fourth-order valence-corrected chi connectivity index (χ4v) is 10.2. The van der Waals surface area contributed by atoms with Crippen molar-refractivity contribution in [3.05, 3.63) is 231 Å². The van der Waals surface area contributed by atoms with Gasteiger partial charge in [0.05, 0.1) is 11.0 Å². The monoisotopic (exact) mass is 802 g/mol. The first-order valence-electron chi connectivity index (χ1n) is 21.6. The van der Waals surface area contributed by atoms with E-state index < -0.39 is 0 Å². The Labute approximate surface area is 363 Å². The summed E-state index contributed by atoms with van der Waals surface area (Å²) in [6.07, 6.45) is 0. The van der Waals surface area contributed by atoms with E-state index in [0.29, 0.717) is 0 Å². The molecule has 0 unspecified atom stereocenters. The summed E-state index contributed by atoms with van der Waals surface area (Å²) < 4.78 is 9.21. The van der Waals surface area contributed by atoms with E-state index in [1.165, 1.54) is 48.7 Å². The molecule has 0 aliphatic heterocycles. The molecular weight excluding hydrogens is 765 g/mol. The molecule has 2 heterocycles. The Bertz CT molecular complexity index is 3810. The average Bonchev–Trinajstić information content (AvgIpc) is 3.89. The van der Waals surface area contributed by atoms with Crippen LogP contribution in [0.3, 0.4) is 0 Å². The van der Waals surface area contributed by atoms with Gasteiger partial charge in [-0.3, -0.25) is 0 Å². The molecule has 3 nitrogen and oxygen atoms in total. The van der Waals surface area contributed by atoms with E-state index in [2.05, 4.69) is 240 Å². The third-order valence-electron chi connectivity index (χ3n) is 12.9. The Kier molecular flexibility index (Phi) is 7.91. The summed E-state index contributed by atoms with van der Waals surface area (Å²) in [6.45, 7) is 0. The smallest absolute Gasteiger partial charge is 0.138 e. The highest BCUT2D eigenvalue weighted by atomic mass is 16.3. The van der Waals surface area contributed by atoms with Gasteiger partial charge in [0.15, 0.2) is 0 Å². The second-order valence-electron chi connectivity index (χ2n) is 16.4. The van der Waals surface area contributed by atoms with E-state index >= 15 is 0 Å². The minimum Gasteiger partial charge on any atom is -0.456 e. The minimum atomic E-state index is 0.874. The SMILES string of the molecule is c1ccc(N(c2ccccc2)c2ccc(-c3ccc4c(c3)c3c(-c5ccc6c7ccccc7c7ccccc7c6c5)c5c(cc3n4-c3ccccc3)oc3ccccc35)cc2)cc1. The number of hydrogen-bond donors (Lipinski definition) is 0. The second kappa shape index (κ2) is 14.1. The van der Waals surface area contributed by atoms with Crippen LogP contribution in [-0.2, 0) is 0 Å². The average molecular weight is 803 g/mol. The van der Waals surface area contributed by atoms with Crippen molar-refractivity contribution in [2.75, 3.05) is 4.90 Å². The molecule has 0 aliphatic carbocycles. The Morgan fingerprint density at radius 3 is 1.44 bits per heavy atom. The van der Waals surface area contributed by atoms with Crippen LogP contribution in [0.5, 0.6) is 0 Å². The lowest BCUT2D eigenvalue weighted by molar-refractivity contribution is 0.669. The fraction of sp³-hybridized carbons (Fsp3) is 0. The van der Waals surface area contributed by atoms with Gasteiger partial charge in [0, 0.05) is 55.9 Å². The molecule has 0 fully saturated rings. The van der Waals surface area contributed by atoms with E-state index in [-0.39, 0.29) is 0 Å². The molecule has 0 radical (unpaired) electrons. The van der Waals surface area contributed by atoms with Crippen LogP contribution < -0.4 is 4.90 Å². The van der Waals surface area contributed by atoms with E-state index in [1.807, 2.05) is 0 Å². The number of benzene rings is 11. The maximum absolute atomic E-state index is 6.80. The zero-order valence-electron chi connectivity index (χ0n) is 34.2. The van der Waals surface area contributed by atoms with Gasteiger partial charge in [-0.15, -0.1) is 0 Å². The first-order chi connectivity index (χ1) is 31.3. The molecule has 0 spiro atoms. The van der Waals surface area contributed by atoms with Gasteiger partial charge in [-0.2, -0.15) is 0 Å². The van der Waals surface area contributed by atoms with Crippen molar-refractivity contribution in [1.82, 2.24) is 4.57 Å². The van der Waals surface area contributed by atoms with Gasteiger partial charge in [-0.05, 0) is 122 Å². The van der Waals surface area contributed by atoms with Crippen LogP contribution in [0.25, 0.3) is 104 Å². The zero-order chi connectivity index (χ0) is 41.4. The lowest BCUT2D eigenvalue weighted by Gasteiger charge is -2.25. The summed E-state index contributed by atoms with van der Waals surface area (Å²) in [7, 11) is 0. The topological polar surface area (TPSA) is 21.3 Å². The van der Waals surface area contributed by atoms with Crippen LogP contribution in [0.1, 0.15) is 0 Å². The third-order valence-corrected chi connectivity index (χ3v) is 12.9. The maximum atomic E-state index is 6.80. The van der Waals surface area contributed by atoms with Crippen LogP contribution in [0, 0.1) is 0 Å². The molecule has 0 amide bonds. The number of fused-ring (bicyclic) bond motifs is 12. The van der Waals surface area contributed by atoms with Crippen molar-refractivity contribution in [1.29, 1.82) is 0 Å². The minimum absolute atomic E-state index is 0.874. The van der Waals surface area contributed by atoms with E-state index in [9.17, 15) is 0 Å². The second-order valence-corrected chi connectivity index (χ2v) is 16.4. The number of rotatable bonds is 6. The van der Waals surface area contributed by atoms with Crippen LogP contribution in [0.4, 0.5) is 17.1 Å². The molecule has 0 N–H and O–H groups in total. The molecule has 3 heteroatoms. The standard InChI is InChI=1S/C60H38N2O/c1-4-16-42(17-5-1)61(43-18-6-2-7-19-43)45-32-28-39(29-33-45)40-31-35-54-53(36-40)59-55(62(54)44-20-8-3-9-21-44)38-57-60(51-26-14-15-27-56(51)63-57)58(59)41-30-34-50-48-24-11-10-22-46(48)47-23-12-13-25-49(47)52(50)37-41/h1-38H. The van der Waals surface area contributed by atoms with E-state index in [0.717, 1.165) is 72.4 Å². The van der Waals surface area contributed by atoms with Gasteiger partial charge in [-0.25, -0.2) is 0 Å². The molecule has 294 valence electrons. The number of nitrogens with zero attached hydrogens (tertiary/aromatic N) is 2. The van der Waals surface area contributed by atoms with Crippen LogP contribution >= 0.6 is 0 Å². The van der Waals surface area contributed by atoms with Crippen molar-refractivity contribution >= 4 is 93.1 Å². The predicted molar refractivity (Wildman–Crippen MR) is 266 cm³/mol. The van der Waals surface area contributed by atoms with Gasteiger partial charge in [-0.1, -0.05) is 152 Å². The highest BCUT2D eigenvalue weighted by Crippen LogP contribution is 2.48.